The lowest BCUT2D eigenvalue weighted by molar-refractivity contribution is 0.102. The van der Waals surface area contributed by atoms with Crippen LogP contribution in [0.25, 0.3) is 11.3 Å². The Hall–Kier alpha value is -3.08. The number of rotatable bonds is 3. The summed E-state index contributed by atoms with van der Waals surface area (Å²) in [4.78, 5) is 12.5. The molecule has 0 unspecified atom stereocenters. The van der Waals surface area contributed by atoms with Crippen LogP contribution in [0.2, 0.25) is 0 Å². The van der Waals surface area contributed by atoms with Gasteiger partial charge in [0.15, 0.2) is 0 Å². The highest BCUT2D eigenvalue weighted by molar-refractivity contribution is 6.04. The van der Waals surface area contributed by atoms with E-state index in [-0.39, 0.29) is 11.7 Å². The summed E-state index contributed by atoms with van der Waals surface area (Å²) in [5.41, 5.74) is 6.13. The first-order chi connectivity index (χ1) is 11.9. The topological polar surface area (TPSA) is 78.0 Å². The van der Waals surface area contributed by atoms with Gasteiger partial charge in [-0.05, 0) is 68.1 Å². The molecule has 0 saturated carbocycles. The minimum atomic E-state index is -0.268. The van der Waals surface area contributed by atoms with Gasteiger partial charge in [0, 0.05) is 11.3 Å². The molecule has 25 heavy (non-hydrogen) atoms. The lowest BCUT2D eigenvalue weighted by atomic mass is 10.0. The Balaban J connectivity index is 1.87. The summed E-state index contributed by atoms with van der Waals surface area (Å²) in [6.07, 6.45) is 0. The Labute approximate surface area is 146 Å². The Morgan fingerprint density at radius 1 is 1.04 bits per heavy atom. The van der Waals surface area contributed by atoms with Crippen LogP contribution in [0, 0.1) is 27.7 Å². The highest BCUT2D eigenvalue weighted by atomic mass is 16.3. The molecule has 3 aromatic rings. The molecule has 3 N–H and O–H groups in total. The van der Waals surface area contributed by atoms with Gasteiger partial charge in [0.05, 0.1) is 5.69 Å². The second-order valence-electron chi connectivity index (χ2n) is 6.34. The van der Waals surface area contributed by atoms with E-state index in [2.05, 4.69) is 15.5 Å². The number of hydrogen-bond acceptors (Lipinski definition) is 3. The lowest BCUT2D eigenvalue weighted by Crippen LogP contribution is -2.13. The number of carbonyl (C=O) groups excluding carboxylic acids is 1. The van der Waals surface area contributed by atoms with Crippen LogP contribution < -0.4 is 5.32 Å². The van der Waals surface area contributed by atoms with Crippen LogP contribution in [0.4, 0.5) is 5.69 Å². The van der Waals surface area contributed by atoms with Crippen LogP contribution in [-0.4, -0.2) is 21.2 Å². The number of H-pyrrole nitrogens is 1. The van der Waals surface area contributed by atoms with Gasteiger partial charge in [-0.25, -0.2) is 0 Å². The molecule has 0 saturated heterocycles. The number of aromatic nitrogens is 2. The van der Waals surface area contributed by atoms with Crippen molar-refractivity contribution in [3.8, 4) is 17.0 Å². The number of aromatic hydroxyl groups is 1. The quantitative estimate of drug-likeness (QED) is 0.669. The van der Waals surface area contributed by atoms with Crippen LogP contribution in [0.1, 0.15) is 32.7 Å². The summed E-state index contributed by atoms with van der Waals surface area (Å²) >= 11 is 0. The third kappa shape index (κ3) is 3.26. The first-order valence-electron chi connectivity index (χ1n) is 8.10. The number of aryl methyl sites for hydroxylation is 3. The maximum absolute atomic E-state index is 12.5. The van der Waals surface area contributed by atoms with Gasteiger partial charge in [0.1, 0.15) is 11.4 Å². The first-order valence-corrected chi connectivity index (χ1v) is 8.10. The maximum atomic E-state index is 12.5. The molecule has 128 valence electrons. The number of aromatic amines is 1. The Kier molecular flexibility index (Phi) is 4.31. The largest absolute Gasteiger partial charge is 0.507 e. The Morgan fingerprint density at radius 2 is 1.76 bits per heavy atom. The monoisotopic (exact) mass is 335 g/mol. The molecule has 0 aliphatic heterocycles. The number of amides is 1. The minimum absolute atomic E-state index is 0.188. The number of phenols is 1. The molecule has 0 bridgehead atoms. The summed E-state index contributed by atoms with van der Waals surface area (Å²) in [6, 6.07) is 11.3. The predicted octanol–water partition coefficient (Wildman–Crippen LogP) is 4.27. The van der Waals surface area contributed by atoms with Gasteiger partial charge in [0.25, 0.3) is 5.91 Å². The van der Waals surface area contributed by atoms with Crippen molar-refractivity contribution in [1.29, 1.82) is 0 Å². The zero-order valence-corrected chi connectivity index (χ0v) is 14.8. The first kappa shape index (κ1) is 16.8. The van der Waals surface area contributed by atoms with Crippen molar-refractivity contribution >= 4 is 11.6 Å². The molecule has 0 aliphatic carbocycles. The molecular formula is C20H21N3O2. The normalized spacial score (nSPS) is 10.7. The summed E-state index contributed by atoms with van der Waals surface area (Å²) in [5.74, 6) is -0.0799. The van der Waals surface area contributed by atoms with E-state index >= 15 is 0 Å². The molecule has 0 atom stereocenters. The van der Waals surface area contributed by atoms with Gasteiger partial charge in [-0.3, -0.25) is 9.89 Å². The van der Waals surface area contributed by atoms with E-state index in [1.165, 1.54) is 0 Å². The molecule has 3 rings (SSSR count). The highest BCUT2D eigenvalue weighted by Crippen LogP contribution is 2.32. The number of nitrogens with one attached hydrogen (secondary N) is 2. The van der Waals surface area contributed by atoms with Crippen molar-refractivity contribution < 1.29 is 9.90 Å². The van der Waals surface area contributed by atoms with Crippen LogP contribution in [-0.2, 0) is 0 Å². The lowest BCUT2D eigenvalue weighted by Gasteiger charge is -2.08. The average Bonchev–Trinajstić information content (AvgIpc) is 3.06. The number of hydrogen-bond donors (Lipinski definition) is 3. The molecule has 2 aromatic carbocycles. The van der Waals surface area contributed by atoms with Crippen molar-refractivity contribution in [2.75, 3.05) is 5.32 Å². The molecular weight excluding hydrogens is 314 g/mol. The molecule has 5 heteroatoms. The van der Waals surface area contributed by atoms with Gasteiger partial charge in [-0.1, -0.05) is 18.2 Å². The van der Waals surface area contributed by atoms with Gasteiger partial charge in [-0.2, -0.15) is 5.10 Å². The molecule has 5 nitrogen and oxygen atoms in total. The summed E-state index contributed by atoms with van der Waals surface area (Å²) in [6.45, 7) is 7.72. The fourth-order valence-electron chi connectivity index (χ4n) is 2.64. The number of nitrogens with zero attached hydrogens (tertiary/aromatic N) is 1. The molecule has 0 fully saturated rings. The van der Waals surface area contributed by atoms with Crippen LogP contribution >= 0.6 is 0 Å². The summed E-state index contributed by atoms with van der Waals surface area (Å²) < 4.78 is 0. The zero-order valence-electron chi connectivity index (χ0n) is 14.8. The second-order valence-corrected chi connectivity index (χ2v) is 6.34. The number of carbonyl (C=O) groups is 1. The molecule has 0 radical (unpaired) electrons. The molecule has 1 amide bonds. The second kappa shape index (κ2) is 6.43. The minimum Gasteiger partial charge on any atom is -0.507 e. The van der Waals surface area contributed by atoms with Crippen molar-refractivity contribution in [3.05, 3.63) is 64.3 Å². The van der Waals surface area contributed by atoms with Crippen LogP contribution in [0.3, 0.4) is 0 Å². The molecule has 1 heterocycles. The molecule has 0 spiro atoms. The van der Waals surface area contributed by atoms with Gasteiger partial charge in [0.2, 0.25) is 0 Å². The van der Waals surface area contributed by atoms with E-state index in [0.29, 0.717) is 17.0 Å². The smallest absolute Gasteiger partial charge is 0.273 e. The van der Waals surface area contributed by atoms with E-state index in [1.54, 1.807) is 12.1 Å². The van der Waals surface area contributed by atoms with E-state index in [9.17, 15) is 9.90 Å². The van der Waals surface area contributed by atoms with Crippen molar-refractivity contribution in [2.45, 2.75) is 27.7 Å². The fraction of sp³-hybridized carbons (Fsp3) is 0.200. The van der Waals surface area contributed by atoms with E-state index < -0.39 is 0 Å². The standard InChI is InChI=1S/C20H21N3O2/c1-11-5-6-13(3)16(9-11)21-20(25)18-10-17(22-23-18)15-8-7-12(2)14(4)19(15)24/h5-10,24H,1-4H3,(H,21,25)(H,22,23). The van der Waals surface area contributed by atoms with E-state index in [1.807, 2.05) is 52.0 Å². The zero-order chi connectivity index (χ0) is 18.1. The average molecular weight is 335 g/mol. The molecule has 1 aromatic heterocycles. The molecule has 0 aliphatic rings. The van der Waals surface area contributed by atoms with E-state index in [4.69, 9.17) is 0 Å². The number of phenolic OH excluding ortho intramolecular Hbond substituents is 1. The van der Waals surface area contributed by atoms with Gasteiger partial charge in [-0.15, -0.1) is 0 Å². The van der Waals surface area contributed by atoms with Gasteiger partial charge < -0.3 is 10.4 Å². The van der Waals surface area contributed by atoms with E-state index in [0.717, 1.165) is 27.9 Å². The number of anilines is 1. The SMILES string of the molecule is Cc1ccc(C)c(NC(=O)c2cc(-c3ccc(C)c(C)c3O)n[nH]2)c1. The third-order valence-corrected chi connectivity index (χ3v) is 4.44. The van der Waals surface area contributed by atoms with Crippen molar-refractivity contribution in [3.63, 3.8) is 0 Å². The number of benzene rings is 2. The Morgan fingerprint density at radius 3 is 2.52 bits per heavy atom. The summed E-state index contributed by atoms with van der Waals surface area (Å²) in [5, 5.41) is 20.1. The third-order valence-electron chi connectivity index (χ3n) is 4.44. The predicted molar refractivity (Wildman–Crippen MR) is 99.0 cm³/mol. The Bertz CT molecular complexity index is 958. The van der Waals surface area contributed by atoms with Gasteiger partial charge >= 0.3 is 0 Å². The highest BCUT2D eigenvalue weighted by Gasteiger charge is 2.15. The van der Waals surface area contributed by atoms with Crippen molar-refractivity contribution in [2.24, 2.45) is 0 Å². The summed E-state index contributed by atoms with van der Waals surface area (Å²) in [7, 11) is 0. The fourth-order valence-corrected chi connectivity index (χ4v) is 2.64. The van der Waals surface area contributed by atoms with Crippen LogP contribution in [0.5, 0.6) is 5.75 Å². The van der Waals surface area contributed by atoms with Crippen molar-refractivity contribution in [1.82, 2.24) is 10.2 Å². The van der Waals surface area contributed by atoms with Crippen LogP contribution in [0.15, 0.2) is 36.4 Å². The maximum Gasteiger partial charge on any atom is 0.273 e.